The van der Waals surface area contributed by atoms with E-state index in [9.17, 15) is 15.2 Å². The van der Waals surface area contributed by atoms with Crippen molar-refractivity contribution < 1.29 is 14.3 Å². The fourth-order valence-corrected chi connectivity index (χ4v) is 2.80. The largest absolute Gasteiger partial charge is 0.478 e. The van der Waals surface area contributed by atoms with Crippen LogP contribution in [0.25, 0.3) is 23.0 Å². The molecule has 0 aliphatic carbocycles. The van der Waals surface area contributed by atoms with Crippen LogP contribution in [0.4, 0.5) is 0 Å². The number of halogens is 2. The van der Waals surface area contributed by atoms with Gasteiger partial charge < -0.3 is 9.52 Å². The summed E-state index contributed by atoms with van der Waals surface area (Å²) in [6.07, 6.45) is 1.60. The van der Waals surface area contributed by atoms with Crippen molar-refractivity contribution in [3.63, 3.8) is 0 Å². The van der Waals surface area contributed by atoms with Crippen LogP contribution in [-0.2, 0) is 0 Å². The molecular formula is C20H11Cl2NO3. The Bertz CT molecular complexity index is 1060. The Morgan fingerprint density at radius 2 is 1.92 bits per heavy atom. The number of furan rings is 1. The summed E-state index contributed by atoms with van der Waals surface area (Å²) in [4.78, 5) is 11.2. The van der Waals surface area contributed by atoms with Crippen molar-refractivity contribution in [3.8, 4) is 17.4 Å². The molecule has 6 heteroatoms. The molecule has 0 amide bonds. The molecule has 0 aliphatic heterocycles. The molecule has 0 saturated heterocycles. The molecule has 1 N–H and O–H groups in total. The first kappa shape index (κ1) is 17.8. The average molecular weight is 384 g/mol. The zero-order chi connectivity index (χ0) is 18.7. The number of nitrogens with zero attached hydrogens (tertiary/aromatic N) is 1. The number of hydrogen-bond donors (Lipinski definition) is 1. The molecule has 0 aliphatic rings. The number of carboxylic acid groups (broad SMARTS) is 1. The van der Waals surface area contributed by atoms with Crippen LogP contribution in [-0.4, -0.2) is 11.1 Å². The van der Waals surface area contributed by atoms with E-state index in [2.05, 4.69) is 6.07 Å². The van der Waals surface area contributed by atoms with Gasteiger partial charge in [-0.2, -0.15) is 5.26 Å². The average Bonchev–Trinajstić information content (AvgIpc) is 3.08. The highest BCUT2D eigenvalue weighted by molar-refractivity contribution is 6.33. The quantitative estimate of drug-likeness (QED) is 0.559. The number of carbonyl (C=O) groups is 1. The summed E-state index contributed by atoms with van der Waals surface area (Å²) in [7, 11) is 0. The summed E-state index contributed by atoms with van der Waals surface area (Å²) in [5.41, 5.74) is 1.65. The van der Waals surface area contributed by atoms with Crippen LogP contribution >= 0.6 is 23.2 Å². The lowest BCUT2D eigenvalue weighted by Crippen LogP contribution is -1.97. The lowest BCUT2D eigenvalue weighted by molar-refractivity contribution is 0.0697. The Morgan fingerprint density at radius 1 is 1.12 bits per heavy atom. The minimum atomic E-state index is -1.11. The summed E-state index contributed by atoms with van der Waals surface area (Å²) in [6.45, 7) is 0. The number of carboxylic acids is 1. The summed E-state index contributed by atoms with van der Waals surface area (Å²) >= 11 is 11.9. The van der Waals surface area contributed by atoms with Crippen LogP contribution < -0.4 is 0 Å². The molecule has 26 heavy (non-hydrogen) atoms. The third-order valence-corrected chi connectivity index (χ3v) is 4.22. The van der Waals surface area contributed by atoms with Gasteiger partial charge in [0.15, 0.2) is 0 Å². The van der Waals surface area contributed by atoms with Crippen LogP contribution in [0.15, 0.2) is 59.0 Å². The van der Waals surface area contributed by atoms with E-state index in [0.29, 0.717) is 33.2 Å². The van der Waals surface area contributed by atoms with Crippen LogP contribution in [0.3, 0.4) is 0 Å². The highest BCUT2D eigenvalue weighted by Gasteiger charge is 2.12. The summed E-state index contributed by atoms with van der Waals surface area (Å²) in [5, 5.41) is 19.3. The van der Waals surface area contributed by atoms with E-state index in [-0.39, 0.29) is 10.6 Å². The summed E-state index contributed by atoms with van der Waals surface area (Å²) in [5.74, 6) is -0.182. The van der Waals surface area contributed by atoms with Crippen LogP contribution in [0, 0.1) is 11.3 Å². The fourth-order valence-electron chi connectivity index (χ4n) is 2.41. The second kappa shape index (κ2) is 7.49. The molecule has 1 heterocycles. The summed E-state index contributed by atoms with van der Waals surface area (Å²) < 4.78 is 5.73. The van der Waals surface area contributed by atoms with E-state index >= 15 is 0 Å². The molecule has 2 aromatic carbocycles. The van der Waals surface area contributed by atoms with Crippen molar-refractivity contribution in [1.29, 1.82) is 5.26 Å². The number of rotatable bonds is 4. The molecule has 0 bridgehead atoms. The SMILES string of the molecule is N#C/C(=C/c1ccc(-c2ccc(Cl)c(C(=O)O)c2)o1)c1cccc(Cl)c1. The number of hydrogen-bond acceptors (Lipinski definition) is 3. The smallest absolute Gasteiger partial charge is 0.337 e. The van der Waals surface area contributed by atoms with Crippen molar-refractivity contribution in [1.82, 2.24) is 0 Å². The topological polar surface area (TPSA) is 74.2 Å². The van der Waals surface area contributed by atoms with Gasteiger partial charge in [0.2, 0.25) is 0 Å². The Hall–Kier alpha value is -3.00. The number of aromatic carboxylic acids is 1. The molecule has 0 saturated carbocycles. The van der Waals surface area contributed by atoms with Gasteiger partial charge in [0, 0.05) is 10.6 Å². The van der Waals surface area contributed by atoms with Crippen molar-refractivity contribution >= 4 is 40.8 Å². The third kappa shape index (κ3) is 3.80. The van der Waals surface area contributed by atoms with E-state index in [0.717, 1.165) is 0 Å². The van der Waals surface area contributed by atoms with Crippen molar-refractivity contribution in [3.05, 3.63) is 81.5 Å². The first-order valence-corrected chi connectivity index (χ1v) is 8.24. The Labute approximate surface area is 159 Å². The van der Waals surface area contributed by atoms with Gasteiger partial charge in [0.05, 0.1) is 22.2 Å². The maximum absolute atomic E-state index is 11.2. The third-order valence-electron chi connectivity index (χ3n) is 3.65. The van der Waals surface area contributed by atoms with Gasteiger partial charge in [-0.25, -0.2) is 4.79 Å². The van der Waals surface area contributed by atoms with Gasteiger partial charge >= 0.3 is 5.97 Å². The minimum absolute atomic E-state index is 0.00528. The van der Waals surface area contributed by atoms with Gasteiger partial charge in [-0.1, -0.05) is 35.3 Å². The number of allylic oxidation sites excluding steroid dienone is 1. The van der Waals surface area contributed by atoms with Gasteiger partial charge in [-0.3, -0.25) is 0 Å². The molecule has 0 fully saturated rings. The van der Waals surface area contributed by atoms with Gasteiger partial charge in [-0.05, 0) is 54.1 Å². The second-order valence-electron chi connectivity index (χ2n) is 5.38. The molecule has 4 nitrogen and oxygen atoms in total. The molecule has 0 radical (unpaired) electrons. The molecule has 3 rings (SSSR count). The number of benzene rings is 2. The van der Waals surface area contributed by atoms with E-state index in [4.69, 9.17) is 27.6 Å². The van der Waals surface area contributed by atoms with E-state index in [1.807, 2.05) is 0 Å². The zero-order valence-electron chi connectivity index (χ0n) is 13.2. The van der Waals surface area contributed by atoms with Crippen LogP contribution in [0.1, 0.15) is 21.7 Å². The monoisotopic (exact) mass is 383 g/mol. The maximum atomic E-state index is 11.2. The molecule has 1 aromatic heterocycles. The first-order valence-electron chi connectivity index (χ1n) is 7.48. The Balaban J connectivity index is 1.96. The fraction of sp³-hybridized carbons (Fsp3) is 0. The van der Waals surface area contributed by atoms with E-state index in [1.165, 1.54) is 12.1 Å². The first-order chi connectivity index (χ1) is 12.5. The van der Waals surface area contributed by atoms with Crippen molar-refractivity contribution in [2.75, 3.05) is 0 Å². The highest BCUT2D eigenvalue weighted by atomic mass is 35.5. The van der Waals surface area contributed by atoms with Gasteiger partial charge in [0.1, 0.15) is 11.5 Å². The lowest BCUT2D eigenvalue weighted by Gasteiger charge is -2.02. The molecule has 0 unspecified atom stereocenters. The van der Waals surface area contributed by atoms with Gasteiger partial charge in [-0.15, -0.1) is 0 Å². The van der Waals surface area contributed by atoms with Crippen LogP contribution in [0.5, 0.6) is 0 Å². The minimum Gasteiger partial charge on any atom is -0.478 e. The predicted octanol–water partition coefficient (Wildman–Crippen LogP) is 6.02. The second-order valence-corrected chi connectivity index (χ2v) is 6.23. The standard InChI is InChI=1S/C20H11Cl2NO3/c21-15-3-1-2-12(8-15)14(11-23)9-16-5-7-19(26-16)13-4-6-18(22)17(10-13)20(24)25/h1-10H,(H,24,25)/b14-9-. The molecular weight excluding hydrogens is 373 g/mol. The van der Waals surface area contributed by atoms with Crippen molar-refractivity contribution in [2.45, 2.75) is 0 Å². The van der Waals surface area contributed by atoms with E-state index in [1.54, 1.807) is 48.5 Å². The lowest BCUT2D eigenvalue weighted by atomic mass is 10.1. The molecule has 3 aromatic rings. The summed E-state index contributed by atoms with van der Waals surface area (Å²) in [6, 6.07) is 17.1. The molecule has 128 valence electrons. The Morgan fingerprint density at radius 3 is 2.62 bits per heavy atom. The molecule has 0 spiro atoms. The highest BCUT2D eigenvalue weighted by Crippen LogP contribution is 2.28. The zero-order valence-corrected chi connectivity index (χ0v) is 14.8. The maximum Gasteiger partial charge on any atom is 0.337 e. The van der Waals surface area contributed by atoms with Gasteiger partial charge in [0.25, 0.3) is 0 Å². The normalized spacial score (nSPS) is 11.2. The van der Waals surface area contributed by atoms with E-state index < -0.39 is 5.97 Å². The Kier molecular flexibility index (Phi) is 5.13. The number of nitriles is 1. The van der Waals surface area contributed by atoms with Crippen LogP contribution in [0.2, 0.25) is 10.0 Å². The predicted molar refractivity (Wildman–Crippen MR) is 101 cm³/mol. The molecule has 0 atom stereocenters. The van der Waals surface area contributed by atoms with Crippen molar-refractivity contribution in [2.24, 2.45) is 0 Å².